The molecular weight excluding hydrogens is 436 g/mol. The van der Waals surface area contributed by atoms with Gasteiger partial charge in [-0.25, -0.2) is 13.4 Å². The number of benzene rings is 2. The van der Waals surface area contributed by atoms with Crippen LogP contribution in [0.15, 0.2) is 47.4 Å². The number of rotatable bonds is 10. The highest BCUT2D eigenvalue weighted by molar-refractivity contribution is 7.89. The Hall–Kier alpha value is -2.71. The first-order valence-electron chi connectivity index (χ1n) is 11.6. The van der Waals surface area contributed by atoms with E-state index in [2.05, 4.69) is 5.32 Å². The molecule has 178 valence electrons. The second-order valence-corrected chi connectivity index (χ2v) is 10.1. The molecule has 0 aliphatic rings. The van der Waals surface area contributed by atoms with E-state index in [9.17, 15) is 13.2 Å². The van der Waals surface area contributed by atoms with Crippen LogP contribution in [-0.4, -0.2) is 41.3 Å². The number of carbonyl (C=O) groups is 1. The fourth-order valence-electron chi connectivity index (χ4n) is 4.27. The lowest BCUT2D eigenvalue weighted by molar-refractivity contribution is -0.121. The van der Waals surface area contributed by atoms with Crippen molar-refractivity contribution in [1.29, 1.82) is 0 Å². The van der Waals surface area contributed by atoms with E-state index in [1.165, 1.54) is 4.31 Å². The number of imidazole rings is 1. The number of aryl methyl sites for hydroxylation is 3. The average Bonchev–Trinajstić information content (AvgIpc) is 3.15. The largest absolute Gasteiger partial charge is 0.350 e. The van der Waals surface area contributed by atoms with Crippen LogP contribution in [0.4, 0.5) is 0 Å². The van der Waals surface area contributed by atoms with Gasteiger partial charge in [-0.1, -0.05) is 38.1 Å². The first kappa shape index (κ1) is 24.9. The number of hydrogen-bond acceptors (Lipinski definition) is 4. The smallest absolute Gasteiger partial charge is 0.243 e. The molecule has 1 aromatic heterocycles. The van der Waals surface area contributed by atoms with Crippen molar-refractivity contribution < 1.29 is 13.2 Å². The first-order valence-corrected chi connectivity index (χ1v) is 13.0. The summed E-state index contributed by atoms with van der Waals surface area (Å²) in [6, 6.07) is 13.0. The Morgan fingerprint density at radius 1 is 1.12 bits per heavy atom. The molecule has 0 unspecified atom stereocenters. The number of hydrogen-bond donors (Lipinski definition) is 1. The van der Waals surface area contributed by atoms with Crippen LogP contribution in [0.5, 0.6) is 0 Å². The Bertz CT molecular complexity index is 1230. The van der Waals surface area contributed by atoms with Crippen molar-refractivity contribution in [1.82, 2.24) is 19.2 Å². The SMILES string of the molecule is CCN(CC)S(=O)(=O)c1ccc2c(c1)nc(CCC(=O)N[C@H](C)c1ccccc1C)n2CC. The van der Waals surface area contributed by atoms with Crippen LogP contribution >= 0.6 is 0 Å². The summed E-state index contributed by atoms with van der Waals surface area (Å²) in [6.45, 7) is 11.2. The molecule has 0 bridgehead atoms. The number of sulfonamides is 1. The summed E-state index contributed by atoms with van der Waals surface area (Å²) in [5.74, 6) is 0.744. The number of nitrogens with one attached hydrogen (secondary N) is 1. The van der Waals surface area contributed by atoms with E-state index in [0.29, 0.717) is 38.0 Å². The van der Waals surface area contributed by atoms with E-state index in [1.807, 2.05) is 69.5 Å². The molecule has 33 heavy (non-hydrogen) atoms. The van der Waals surface area contributed by atoms with Crippen molar-refractivity contribution in [2.75, 3.05) is 13.1 Å². The average molecular weight is 471 g/mol. The van der Waals surface area contributed by atoms with E-state index >= 15 is 0 Å². The summed E-state index contributed by atoms with van der Waals surface area (Å²) in [5.41, 5.74) is 3.76. The lowest BCUT2D eigenvalue weighted by Gasteiger charge is -2.18. The third-order valence-corrected chi connectivity index (χ3v) is 8.11. The van der Waals surface area contributed by atoms with Crippen LogP contribution < -0.4 is 5.32 Å². The Morgan fingerprint density at radius 3 is 2.45 bits per heavy atom. The van der Waals surface area contributed by atoms with Crippen molar-refractivity contribution in [3.63, 3.8) is 0 Å². The second-order valence-electron chi connectivity index (χ2n) is 8.16. The summed E-state index contributed by atoms with van der Waals surface area (Å²) < 4.78 is 29.3. The van der Waals surface area contributed by atoms with Gasteiger partial charge in [0.2, 0.25) is 15.9 Å². The molecule has 0 spiro atoms. The zero-order valence-electron chi connectivity index (χ0n) is 20.1. The zero-order valence-corrected chi connectivity index (χ0v) is 20.9. The molecule has 1 atom stereocenters. The van der Waals surface area contributed by atoms with Gasteiger partial charge >= 0.3 is 0 Å². The van der Waals surface area contributed by atoms with Crippen LogP contribution in [-0.2, 0) is 27.8 Å². The van der Waals surface area contributed by atoms with Gasteiger partial charge in [0.25, 0.3) is 0 Å². The predicted molar refractivity (Wildman–Crippen MR) is 132 cm³/mol. The highest BCUT2D eigenvalue weighted by Crippen LogP contribution is 2.24. The summed E-state index contributed by atoms with van der Waals surface area (Å²) in [6.07, 6.45) is 0.789. The van der Waals surface area contributed by atoms with Gasteiger partial charge in [0.15, 0.2) is 0 Å². The van der Waals surface area contributed by atoms with Crippen LogP contribution in [0.1, 0.15) is 57.1 Å². The van der Waals surface area contributed by atoms with Gasteiger partial charge in [0.1, 0.15) is 5.82 Å². The van der Waals surface area contributed by atoms with E-state index in [-0.39, 0.29) is 16.8 Å². The van der Waals surface area contributed by atoms with E-state index < -0.39 is 10.0 Å². The van der Waals surface area contributed by atoms with E-state index in [0.717, 1.165) is 22.5 Å². The van der Waals surface area contributed by atoms with Crippen molar-refractivity contribution in [2.45, 2.75) is 64.9 Å². The lowest BCUT2D eigenvalue weighted by atomic mass is 10.0. The fraction of sp³-hybridized carbons (Fsp3) is 0.440. The fourth-order valence-corrected chi connectivity index (χ4v) is 5.74. The monoisotopic (exact) mass is 470 g/mol. The van der Waals surface area contributed by atoms with E-state index in [4.69, 9.17) is 4.98 Å². The number of carbonyl (C=O) groups excluding carboxylic acids is 1. The van der Waals surface area contributed by atoms with Crippen LogP contribution in [0.25, 0.3) is 11.0 Å². The zero-order chi connectivity index (χ0) is 24.2. The standard InChI is InChI=1S/C25H34N4O3S/c1-6-28(7-2)33(31,32)20-13-14-23-22(17-20)27-24(29(23)8-3)15-16-25(30)26-19(5)21-12-10-9-11-18(21)4/h9-14,17,19H,6-8,15-16H2,1-5H3,(H,26,30)/t19-/m1/s1. The number of nitrogens with zero attached hydrogens (tertiary/aromatic N) is 3. The third-order valence-electron chi connectivity index (χ3n) is 6.07. The van der Waals surface area contributed by atoms with Crippen molar-refractivity contribution in [3.8, 4) is 0 Å². The molecular formula is C25H34N4O3S. The van der Waals surface area contributed by atoms with E-state index in [1.54, 1.807) is 12.1 Å². The van der Waals surface area contributed by atoms with Gasteiger partial charge in [-0.15, -0.1) is 0 Å². The molecule has 8 heteroatoms. The Morgan fingerprint density at radius 2 is 1.82 bits per heavy atom. The Balaban J connectivity index is 1.78. The lowest BCUT2D eigenvalue weighted by Crippen LogP contribution is -2.30. The maximum absolute atomic E-state index is 12.9. The maximum atomic E-state index is 12.9. The molecule has 0 saturated carbocycles. The molecule has 0 radical (unpaired) electrons. The highest BCUT2D eigenvalue weighted by atomic mass is 32.2. The highest BCUT2D eigenvalue weighted by Gasteiger charge is 2.23. The molecule has 7 nitrogen and oxygen atoms in total. The van der Waals surface area contributed by atoms with Crippen molar-refractivity contribution >= 4 is 27.0 Å². The molecule has 1 heterocycles. The van der Waals surface area contributed by atoms with Gasteiger partial charge in [-0.3, -0.25) is 4.79 Å². The third kappa shape index (κ3) is 5.28. The van der Waals surface area contributed by atoms with Gasteiger partial charge in [-0.2, -0.15) is 4.31 Å². The topological polar surface area (TPSA) is 84.3 Å². The second kappa shape index (κ2) is 10.5. The molecule has 0 saturated heterocycles. The molecule has 0 aliphatic carbocycles. The van der Waals surface area contributed by atoms with Crippen LogP contribution in [0.3, 0.4) is 0 Å². The van der Waals surface area contributed by atoms with Gasteiger partial charge in [0.05, 0.1) is 22.0 Å². The summed E-state index contributed by atoms with van der Waals surface area (Å²) in [5, 5.41) is 3.07. The molecule has 1 amide bonds. The van der Waals surface area contributed by atoms with Crippen LogP contribution in [0.2, 0.25) is 0 Å². The number of aromatic nitrogens is 2. The minimum absolute atomic E-state index is 0.0368. The Labute approximate surface area is 196 Å². The minimum Gasteiger partial charge on any atom is -0.350 e. The molecule has 2 aromatic carbocycles. The molecule has 3 rings (SSSR count). The summed E-state index contributed by atoms with van der Waals surface area (Å²) in [4.78, 5) is 17.6. The van der Waals surface area contributed by atoms with Gasteiger partial charge < -0.3 is 9.88 Å². The first-order chi connectivity index (χ1) is 15.7. The minimum atomic E-state index is -3.55. The Kier molecular flexibility index (Phi) is 7.92. The number of amides is 1. The number of fused-ring (bicyclic) bond motifs is 1. The maximum Gasteiger partial charge on any atom is 0.243 e. The molecule has 0 aliphatic heterocycles. The molecule has 1 N–H and O–H groups in total. The van der Waals surface area contributed by atoms with Crippen molar-refractivity contribution in [3.05, 3.63) is 59.4 Å². The predicted octanol–water partition coefficient (Wildman–Crippen LogP) is 4.21. The molecule has 0 fully saturated rings. The van der Waals surface area contributed by atoms with Gasteiger partial charge in [0, 0.05) is 32.5 Å². The van der Waals surface area contributed by atoms with Crippen LogP contribution in [0, 0.1) is 6.92 Å². The quantitative estimate of drug-likeness (QED) is 0.481. The molecule has 3 aromatic rings. The van der Waals surface area contributed by atoms with Crippen molar-refractivity contribution in [2.24, 2.45) is 0 Å². The van der Waals surface area contributed by atoms with Gasteiger partial charge in [-0.05, 0) is 50.1 Å². The normalized spacial score (nSPS) is 12.9. The summed E-state index contributed by atoms with van der Waals surface area (Å²) >= 11 is 0. The summed E-state index contributed by atoms with van der Waals surface area (Å²) in [7, 11) is -3.55.